The average Bonchev–Trinajstić information content (AvgIpc) is 2.98. The van der Waals surface area contributed by atoms with Gasteiger partial charge >= 0.3 is 5.97 Å². The quantitative estimate of drug-likeness (QED) is 0.0995. The lowest BCUT2D eigenvalue weighted by atomic mass is 10.00. The van der Waals surface area contributed by atoms with Crippen LogP contribution in [0.3, 0.4) is 0 Å². The highest BCUT2D eigenvalue weighted by atomic mass is 16.6. The van der Waals surface area contributed by atoms with Crippen molar-refractivity contribution >= 4 is 5.97 Å². The van der Waals surface area contributed by atoms with Gasteiger partial charge in [0.1, 0.15) is 19.0 Å². The molecule has 0 saturated carbocycles. The smallest absolute Gasteiger partial charge is 0.308 e. The van der Waals surface area contributed by atoms with Crippen LogP contribution < -0.4 is 4.74 Å². The molecule has 0 N–H and O–H groups in total. The van der Waals surface area contributed by atoms with Crippen LogP contribution in [0, 0.1) is 5.92 Å². The minimum absolute atomic E-state index is 0.00124. The number of para-hydroxylation sites is 1. The van der Waals surface area contributed by atoms with E-state index in [0.29, 0.717) is 99.1 Å². The first-order valence-corrected chi connectivity index (χ1v) is 14.7. The maximum Gasteiger partial charge on any atom is 0.308 e. The fourth-order valence-electron chi connectivity index (χ4n) is 3.41. The van der Waals surface area contributed by atoms with Gasteiger partial charge in [0.05, 0.1) is 98.4 Å². The van der Waals surface area contributed by atoms with Crippen LogP contribution >= 0.6 is 0 Å². The number of esters is 1. The van der Waals surface area contributed by atoms with Gasteiger partial charge in [-0.1, -0.05) is 44.9 Å². The molecule has 0 aliphatic heterocycles. The van der Waals surface area contributed by atoms with Crippen molar-refractivity contribution in [3.8, 4) is 5.75 Å². The zero-order valence-electron chi connectivity index (χ0n) is 24.7. The molecule has 1 unspecified atom stereocenters. The van der Waals surface area contributed by atoms with Gasteiger partial charge in [-0.2, -0.15) is 0 Å². The second-order valence-electron chi connectivity index (χ2n) is 8.86. The van der Waals surface area contributed by atoms with Gasteiger partial charge in [0, 0.05) is 0 Å². The number of ether oxygens (including phenoxy) is 9. The van der Waals surface area contributed by atoms with Gasteiger partial charge in [-0.3, -0.25) is 4.79 Å². The fourth-order valence-corrected chi connectivity index (χ4v) is 3.41. The molecule has 10 heteroatoms. The van der Waals surface area contributed by atoms with E-state index in [1.165, 1.54) is 0 Å². The second-order valence-corrected chi connectivity index (χ2v) is 8.86. The molecule has 1 aromatic rings. The van der Waals surface area contributed by atoms with Crippen LogP contribution in [-0.2, 0) is 42.7 Å². The number of carbonyl (C=O) groups is 1. The maximum atomic E-state index is 12.0. The standard InChI is InChI=1S/C30H52O10/c1-3-5-9-28(4-2)30(31)40-27-25-38-23-21-36-19-17-34-15-13-32-12-14-33-16-18-35-20-22-37-24-26-39-29-10-7-6-8-11-29/h6-8,10-11,28H,3-5,9,12-27H2,1-2H3. The first-order valence-electron chi connectivity index (χ1n) is 14.7. The lowest BCUT2D eigenvalue weighted by Gasteiger charge is -2.13. The van der Waals surface area contributed by atoms with E-state index >= 15 is 0 Å². The van der Waals surface area contributed by atoms with E-state index < -0.39 is 0 Å². The molecule has 0 heterocycles. The van der Waals surface area contributed by atoms with Crippen molar-refractivity contribution in [1.29, 1.82) is 0 Å². The van der Waals surface area contributed by atoms with Crippen molar-refractivity contribution in [3.05, 3.63) is 30.3 Å². The SMILES string of the molecule is CCCCC(CC)C(=O)OCCOCCOCCOCCOCCOCCOCCOCCOc1ccccc1. The third-order valence-electron chi connectivity index (χ3n) is 5.68. The lowest BCUT2D eigenvalue weighted by Crippen LogP contribution is -2.20. The van der Waals surface area contributed by atoms with E-state index in [9.17, 15) is 4.79 Å². The van der Waals surface area contributed by atoms with E-state index in [-0.39, 0.29) is 18.5 Å². The molecule has 0 aliphatic rings. The normalized spacial score (nSPS) is 11.9. The Morgan fingerprint density at radius 2 is 0.975 bits per heavy atom. The van der Waals surface area contributed by atoms with Crippen molar-refractivity contribution in [1.82, 2.24) is 0 Å². The van der Waals surface area contributed by atoms with Crippen molar-refractivity contribution in [2.45, 2.75) is 39.5 Å². The number of hydrogen-bond donors (Lipinski definition) is 0. The zero-order valence-corrected chi connectivity index (χ0v) is 24.7. The molecule has 0 aliphatic carbocycles. The van der Waals surface area contributed by atoms with Crippen molar-refractivity contribution in [2.24, 2.45) is 5.92 Å². The maximum absolute atomic E-state index is 12.0. The molecule has 40 heavy (non-hydrogen) atoms. The van der Waals surface area contributed by atoms with E-state index in [2.05, 4.69) is 6.92 Å². The highest BCUT2D eigenvalue weighted by Crippen LogP contribution is 2.14. The Morgan fingerprint density at radius 1 is 0.575 bits per heavy atom. The molecule has 0 spiro atoms. The molecule has 0 saturated heterocycles. The second kappa shape index (κ2) is 28.7. The largest absolute Gasteiger partial charge is 0.491 e. The van der Waals surface area contributed by atoms with Gasteiger partial charge in [-0.05, 0) is 25.0 Å². The molecular formula is C30H52O10. The summed E-state index contributed by atoms with van der Waals surface area (Å²) in [5.41, 5.74) is 0. The number of benzene rings is 1. The molecule has 1 atom stereocenters. The molecule has 0 aromatic heterocycles. The summed E-state index contributed by atoms with van der Waals surface area (Å²) < 4.78 is 49.1. The van der Waals surface area contributed by atoms with Crippen LogP contribution in [0.25, 0.3) is 0 Å². The molecule has 232 valence electrons. The topological polar surface area (TPSA) is 100 Å². The third-order valence-corrected chi connectivity index (χ3v) is 5.68. The summed E-state index contributed by atoms with van der Waals surface area (Å²) in [6.45, 7) is 11.9. The first kappa shape index (κ1) is 36.2. The monoisotopic (exact) mass is 572 g/mol. The predicted octanol–water partition coefficient (Wildman–Crippen LogP) is 3.94. The van der Waals surface area contributed by atoms with Gasteiger partial charge in [-0.25, -0.2) is 0 Å². The van der Waals surface area contributed by atoms with Crippen LogP contribution in [0.4, 0.5) is 0 Å². The van der Waals surface area contributed by atoms with E-state index in [0.717, 1.165) is 31.4 Å². The van der Waals surface area contributed by atoms with Crippen molar-refractivity contribution in [3.63, 3.8) is 0 Å². The van der Waals surface area contributed by atoms with Gasteiger partial charge in [0.2, 0.25) is 0 Å². The molecule has 0 fully saturated rings. The molecule has 10 nitrogen and oxygen atoms in total. The Bertz CT molecular complexity index is 661. The summed E-state index contributed by atoms with van der Waals surface area (Å²) in [7, 11) is 0. The fraction of sp³-hybridized carbons (Fsp3) is 0.767. The number of carbonyl (C=O) groups excluding carboxylic acids is 1. The van der Waals surface area contributed by atoms with Crippen molar-refractivity contribution < 1.29 is 47.4 Å². The Labute approximate surface area is 240 Å². The summed E-state index contributed by atoms with van der Waals surface area (Å²) in [4.78, 5) is 12.0. The Kier molecular flexibility index (Phi) is 26.0. The summed E-state index contributed by atoms with van der Waals surface area (Å²) >= 11 is 0. The van der Waals surface area contributed by atoms with Gasteiger partial charge < -0.3 is 42.6 Å². The lowest BCUT2D eigenvalue weighted by molar-refractivity contribution is -0.150. The summed E-state index contributed by atoms with van der Waals surface area (Å²) in [5, 5.41) is 0. The molecule has 1 aromatic carbocycles. The van der Waals surface area contributed by atoms with Crippen LogP contribution in [0.2, 0.25) is 0 Å². The van der Waals surface area contributed by atoms with E-state index in [1.807, 2.05) is 37.3 Å². The predicted molar refractivity (Wildman–Crippen MR) is 152 cm³/mol. The molecular weight excluding hydrogens is 520 g/mol. The summed E-state index contributed by atoms with van der Waals surface area (Å²) in [5.74, 6) is 0.728. The zero-order chi connectivity index (χ0) is 28.8. The number of rotatable bonds is 30. The minimum atomic E-state index is -0.117. The third kappa shape index (κ3) is 23.0. The Morgan fingerprint density at radius 3 is 1.38 bits per heavy atom. The van der Waals surface area contributed by atoms with E-state index in [1.54, 1.807) is 0 Å². The molecule has 0 amide bonds. The van der Waals surface area contributed by atoms with Gasteiger partial charge in [0.15, 0.2) is 0 Å². The molecule has 0 bridgehead atoms. The highest BCUT2D eigenvalue weighted by Gasteiger charge is 2.16. The first-order chi connectivity index (χ1) is 19.8. The minimum Gasteiger partial charge on any atom is -0.491 e. The molecule has 0 radical (unpaired) electrons. The van der Waals surface area contributed by atoms with Crippen LogP contribution in [-0.4, -0.2) is 112 Å². The van der Waals surface area contributed by atoms with E-state index in [4.69, 9.17) is 42.6 Å². The van der Waals surface area contributed by atoms with Gasteiger partial charge in [-0.15, -0.1) is 0 Å². The Balaban J connectivity index is 1.69. The highest BCUT2D eigenvalue weighted by molar-refractivity contribution is 5.72. The van der Waals surface area contributed by atoms with Gasteiger partial charge in [0.25, 0.3) is 0 Å². The summed E-state index contributed by atoms with van der Waals surface area (Å²) in [6.07, 6.45) is 3.85. The Hall–Kier alpha value is -1.79. The molecule has 1 rings (SSSR count). The average molecular weight is 573 g/mol. The number of unbranched alkanes of at least 4 members (excludes halogenated alkanes) is 1. The van der Waals surface area contributed by atoms with Crippen LogP contribution in [0.5, 0.6) is 5.75 Å². The van der Waals surface area contributed by atoms with Crippen LogP contribution in [0.1, 0.15) is 39.5 Å². The number of hydrogen-bond acceptors (Lipinski definition) is 10. The van der Waals surface area contributed by atoms with Crippen molar-refractivity contribution in [2.75, 3.05) is 106 Å². The van der Waals surface area contributed by atoms with Crippen LogP contribution in [0.15, 0.2) is 30.3 Å². The summed E-state index contributed by atoms with van der Waals surface area (Å²) in [6, 6.07) is 9.67.